The molecule has 0 bridgehead atoms. The number of aliphatic hydroxyl groups is 1. The SMILES string of the molecule is CCCC(CCO)CNC(=NCc1nc(-c2ccco2)n[nH]1)NCC.I. The third-order valence-electron chi connectivity index (χ3n) is 3.80. The quantitative estimate of drug-likeness (QED) is 0.238. The number of nitrogens with zero attached hydrogens (tertiary/aromatic N) is 3. The third kappa shape index (κ3) is 7.32. The van der Waals surface area contributed by atoms with E-state index in [9.17, 15) is 0 Å². The van der Waals surface area contributed by atoms with Gasteiger partial charge in [-0.15, -0.1) is 29.1 Å². The Hall–Kier alpha value is -1.62. The molecule has 0 fully saturated rings. The van der Waals surface area contributed by atoms with E-state index in [4.69, 9.17) is 9.52 Å². The molecule has 2 aromatic heterocycles. The maximum Gasteiger partial charge on any atom is 0.216 e. The van der Waals surface area contributed by atoms with E-state index in [1.807, 2.05) is 13.0 Å². The van der Waals surface area contributed by atoms with E-state index in [1.54, 1.807) is 12.3 Å². The van der Waals surface area contributed by atoms with Crippen LogP contribution in [-0.2, 0) is 6.54 Å². The molecule has 0 aliphatic rings. The van der Waals surface area contributed by atoms with E-state index in [1.165, 1.54) is 0 Å². The van der Waals surface area contributed by atoms with Gasteiger partial charge in [0.05, 0.1) is 6.26 Å². The van der Waals surface area contributed by atoms with Gasteiger partial charge < -0.3 is 20.2 Å². The Balaban J connectivity index is 0.00000338. The molecule has 4 N–H and O–H groups in total. The zero-order valence-corrected chi connectivity index (χ0v) is 17.7. The zero-order valence-electron chi connectivity index (χ0n) is 15.4. The van der Waals surface area contributed by atoms with Gasteiger partial charge in [-0.2, -0.15) is 0 Å². The molecule has 2 heterocycles. The van der Waals surface area contributed by atoms with Crippen molar-refractivity contribution in [2.75, 3.05) is 19.7 Å². The molecular formula is C17H29IN6O2. The first-order chi connectivity index (χ1) is 12.3. The van der Waals surface area contributed by atoms with Crippen LogP contribution in [0.4, 0.5) is 0 Å². The number of hydrogen-bond donors (Lipinski definition) is 4. The van der Waals surface area contributed by atoms with Gasteiger partial charge >= 0.3 is 0 Å². The van der Waals surface area contributed by atoms with Gasteiger partial charge in [-0.25, -0.2) is 9.98 Å². The molecule has 0 aliphatic carbocycles. The van der Waals surface area contributed by atoms with E-state index in [-0.39, 0.29) is 30.6 Å². The smallest absolute Gasteiger partial charge is 0.216 e. The van der Waals surface area contributed by atoms with Gasteiger partial charge in [-0.1, -0.05) is 13.3 Å². The maximum atomic E-state index is 9.16. The molecule has 0 spiro atoms. The van der Waals surface area contributed by atoms with Crippen molar-refractivity contribution in [3.05, 3.63) is 24.2 Å². The van der Waals surface area contributed by atoms with Gasteiger partial charge in [-0.3, -0.25) is 5.10 Å². The van der Waals surface area contributed by atoms with Crippen LogP contribution >= 0.6 is 24.0 Å². The number of nitrogens with one attached hydrogen (secondary N) is 3. The Bertz CT molecular complexity index is 623. The summed E-state index contributed by atoms with van der Waals surface area (Å²) in [5, 5.41) is 22.7. The number of halogens is 1. The van der Waals surface area contributed by atoms with Crippen LogP contribution in [-0.4, -0.2) is 45.9 Å². The van der Waals surface area contributed by atoms with Gasteiger partial charge in [0.15, 0.2) is 11.7 Å². The lowest BCUT2D eigenvalue weighted by Gasteiger charge is -2.18. The van der Waals surface area contributed by atoms with Crippen LogP contribution in [0.2, 0.25) is 0 Å². The number of rotatable bonds is 10. The second-order valence-corrected chi connectivity index (χ2v) is 5.83. The highest BCUT2D eigenvalue weighted by Crippen LogP contribution is 2.14. The van der Waals surface area contributed by atoms with Crippen LogP contribution in [0.1, 0.15) is 38.9 Å². The van der Waals surface area contributed by atoms with E-state index in [2.05, 4.69) is 37.7 Å². The average molecular weight is 476 g/mol. The van der Waals surface area contributed by atoms with Crippen LogP contribution in [0.5, 0.6) is 0 Å². The highest BCUT2D eigenvalue weighted by Gasteiger charge is 2.10. The molecular weight excluding hydrogens is 447 g/mol. The van der Waals surface area contributed by atoms with Crippen molar-refractivity contribution in [3.63, 3.8) is 0 Å². The molecule has 2 aromatic rings. The van der Waals surface area contributed by atoms with Crippen molar-refractivity contribution < 1.29 is 9.52 Å². The van der Waals surface area contributed by atoms with E-state index < -0.39 is 0 Å². The normalized spacial score (nSPS) is 12.5. The van der Waals surface area contributed by atoms with Gasteiger partial charge in [0, 0.05) is 19.7 Å². The molecule has 9 heteroatoms. The first-order valence-corrected chi connectivity index (χ1v) is 8.85. The topological polar surface area (TPSA) is 111 Å². The first kappa shape index (κ1) is 22.4. The monoisotopic (exact) mass is 476 g/mol. The van der Waals surface area contributed by atoms with Crippen molar-refractivity contribution in [2.45, 2.75) is 39.7 Å². The molecule has 0 saturated carbocycles. The fourth-order valence-corrected chi connectivity index (χ4v) is 2.56. The van der Waals surface area contributed by atoms with E-state index in [0.29, 0.717) is 29.9 Å². The number of H-pyrrole nitrogens is 1. The largest absolute Gasteiger partial charge is 0.461 e. The predicted molar refractivity (Wildman–Crippen MR) is 112 cm³/mol. The first-order valence-electron chi connectivity index (χ1n) is 8.85. The minimum absolute atomic E-state index is 0. The Kier molecular flexibility index (Phi) is 10.9. The molecule has 0 saturated heterocycles. The minimum atomic E-state index is 0. The number of hydrogen-bond acceptors (Lipinski definition) is 5. The Morgan fingerprint density at radius 2 is 2.19 bits per heavy atom. The summed E-state index contributed by atoms with van der Waals surface area (Å²) < 4.78 is 5.28. The van der Waals surface area contributed by atoms with Crippen LogP contribution in [0.3, 0.4) is 0 Å². The molecule has 0 aromatic carbocycles. The Morgan fingerprint density at radius 3 is 2.85 bits per heavy atom. The molecule has 146 valence electrons. The lowest BCUT2D eigenvalue weighted by atomic mass is 10.0. The Labute approximate surface area is 171 Å². The lowest BCUT2D eigenvalue weighted by Crippen LogP contribution is -2.40. The maximum absolute atomic E-state index is 9.16. The van der Waals surface area contributed by atoms with Crippen LogP contribution in [0.15, 0.2) is 27.8 Å². The molecule has 1 atom stereocenters. The van der Waals surface area contributed by atoms with Gasteiger partial charge in [-0.05, 0) is 37.8 Å². The lowest BCUT2D eigenvalue weighted by molar-refractivity contribution is 0.251. The van der Waals surface area contributed by atoms with Crippen LogP contribution in [0, 0.1) is 5.92 Å². The number of aliphatic hydroxyl groups excluding tert-OH is 1. The van der Waals surface area contributed by atoms with E-state index in [0.717, 1.165) is 38.3 Å². The number of aliphatic imine (C=N–C) groups is 1. The second-order valence-electron chi connectivity index (χ2n) is 5.83. The molecule has 26 heavy (non-hydrogen) atoms. The highest BCUT2D eigenvalue weighted by molar-refractivity contribution is 14.0. The molecule has 0 radical (unpaired) electrons. The summed E-state index contributed by atoms with van der Waals surface area (Å²) in [5.74, 6) is 3.00. The number of guanidine groups is 1. The van der Waals surface area contributed by atoms with Crippen molar-refractivity contribution in [3.8, 4) is 11.6 Å². The summed E-state index contributed by atoms with van der Waals surface area (Å²) in [6.45, 7) is 6.35. The predicted octanol–water partition coefficient (Wildman–Crippen LogP) is 2.54. The zero-order chi connectivity index (χ0) is 17.9. The number of aromatic nitrogens is 3. The average Bonchev–Trinajstić information content (AvgIpc) is 3.28. The van der Waals surface area contributed by atoms with Gasteiger partial charge in [0.1, 0.15) is 12.4 Å². The van der Waals surface area contributed by atoms with Crippen molar-refractivity contribution in [1.29, 1.82) is 0 Å². The second kappa shape index (κ2) is 12.7. The summed E-state index contributed by atoms with van der Waals surface area (Å²) in [5.41, 5.74) is 0. The summed E-state index contributed by atoms with van der Waals surface area (Å²) in [6.07, 6.45) is 4.58. The van der Waals surface area contributed by atoms with Crippen molar-refractivity contribution >= 4 is 29.9 Å². The molecule has 0 aliphatic heterocycles. The fraction of sp³-hybridized carbons (Fsp3) is 0.588. The third-order valence-corrected chi connectivity index (χ3v) is 3.80. The van der Waals surface area contributed by atoms with Crippen LogP contribution in [0.25, 0.3) is 11.6 Å². The van der Waals surface area contributed by atoms with Crippen molar-refractivity contribution in [1.82, 2.24) is 25.8 Å². The summed E-state index contributed by atoms with van der Waals surface area (Å²) in [6, 6.07) is 3.62. The number of furan rings is 1. The molecule has 8 nitrogen and oxygen atoms in total. The molecule has 1 unspecified atom stereocenters. The van der Waals surface area contributed by atoms with Gasteiger partial charge in [0.25, 0.3) is 0 Å². The standard InChI is InChI=1S/C17H28N6O2.HI/c1-3-6-13(8-9-24)11-19-17(18-4-2)20-12-15-21-16(23-22-15)14-7-5-10-25-14;/h5,7,10,13,24H,3-4,6,8-9,11-12H2,1-2H3,(H2,18,19,20)(H,21,22,23);1H. The summed E-state index contributed by atoms with van der Waals surface area (Å²) in [7, 11) is 0. The molecule has 0 amide bonds. The van der Waals surface area contributed by atoms with Crippen molar-refractivity contribution in [2.24, 2.45) is 10.9 Å². The Morgan fingerprint density at radius 1 is 1.35 bits per heavy atom. The highest BCUT2D eigenvalue weighted by atomic mass is 127. The van der Waals surface area contributed by atoms with Gasteiger partial charge in [0.2, 0.25) is 5.82 Å². The molecule has 2 rings (SSSR count). The van der Waals surface area contributed by atoms with Crippen LogP contribution < -0.4 is 10.6 Å². The minimum Gasteiger partial charge on any atom is -0.461 e. The van der Waals surface area contributed by atoms with E-state index >= 15 is 0 Å². The summed E-state index contributed by atoms with van der Waals surface area (Å²) >= 11 is 0. The summed E-state index contributed by atoms with van der Waals surface area (Å²) in [4.78, 5) is 8.92. The number of aromatic amines is 1. The fourth-order valence-electron chi connectivity index (χ4n) is 2.56.